The lowest BCUT2D eigenvalue weighted by molar-refractivity contribution is 1.28. The Morgan fingerprint density at radius 3 is 3.09 bits per heavy atom. The van der Waals surface area contributed by atoms with Gasteiger partial charge in [0.25, 0.3) is 0 Å². The van der Waals surface area contributed by atoms with E-state index in [9.17, 15) is 0 Å². The molecule has 1 rings (SSSR count). The fourth-order valence-electron chi connectivity index (χ4n) is 0.940. The zero-order chi connectivity index (χ0) is 8.10. The van der Waals surface area contributed by atoms with Gasteiger partial charge in [0.15, 0.2) is 0 Å². The van der Waals surface area contributed by atoms with Gasteiger partial charge in [-0.3, -0.25) is 0 Å². The second-order valence-electron chi connectivity index (χ2n) is 2.29. The Kier molecular flexibility index (Phi) is 3.12. The summed E-state index contributed by atoms with van der Waals surface area (Å²) in [6, 6.07) is 2.15. The zero-order valence-electron chi connectivity index (χ0n) is 6.71. The van der Waals surface area contributed by atoms with Crippen molar-refractivity contribution >= 4 is 17.4 Å². The van der Waals surface area contributed by atoms with Gasteiger partial charge in [0.2, 0.25) is 0 Å². The lowest BCUT2D eigenvalue weighted by Crippen LogP contribution is -1.77. The van der Waals surface area contributed by atoms with Crippen LogP contribution in [0, 0.1) is 0 Å². The molecule has 0 amide bonds. The van der Waals surface area contributed by atoms with Crippen molar-refractivity contribution in [2.45, 2.75) is 13.3 Å². The second-order valence-corrected chi connectivity index (χ2v) is 3.24. The minimum atomic E-state index is 1.03. The van der Waals surface area contributed by atoms with E-state index in [4.69, 9.17) is 0 Å². The van der Waals surface area contributed by atoms with Gasteiger partial charge in [-0.2, -0.15) is 0 Å². The Morgan fingerprint density at radius 1 is 1.64 bits per heavy atom. The van der Waals surface area contributed by atoms with E-state index in [1.165, 1.54) is 10.4 Å². The molecule has 0 atom stereocenters. The van der Waals surface area contributed by atoms with E-state index in [0.717, 1.165) is 6.42 Å². The first-order valence-electron chi connectivity index (χ1n) is 3.68. The molecule has 1 heteroatoms. The minimum Gasteiger partial charge on any atom is -0.144 e. The SMILES string of the molecule is C=Cc1sccc1C/C=C\C. The van der Waals surface area contributed by atoms with E-state index < -0.39 is 0 Å². The van der Waals surface area contributed by atoms with Crippen LogP contribution in [0.3, 0.4) is 0 Å². The minimum absolute atomic E-state index is 1.03. The largest absolute Gasteiger partial charge is 0.144 e. The van der Waals surface area contributed by atoms with E-state index in [1.54, 1.807) is 11.3 Å². The van der Waals surface area contributed by atoms with Crippen LogP contribution in [0.4, 0.5) is 0 Å². The van der Waals surface area contributed by atoms with Crippen LogP contribution in [0.15, 0.2) is 30.2 Å². The van der Waals surface area contributed by atoms with Crippen LogP contribution >= 0.6 is 11.3 Å². The van der Waals surface area contributed by atoms with E-state index in [-0.39, 0.29) is 0 Å². The van der Waals surface area contributed by atoms with E-state index in [2.05, 4.69) is 30.2 Å². The van der Waals surface area contributed by atoms with Crippen molar-refractivity contribution in [3.8, 4) is 0 Å². The molecule has 1 heterocycles. The van der Waals surface area contributed by atoms with Gasteiger partial charge in [0.1, 0.15) is 0 Å². The highest BCUT2D eigenvalue weighted by Crippen LogP contribution is 2.18. The van der Waals surface area contributed by atoms with Crippen molar-refractivity contribution in [3.63, 3.8) is 0 Å². The summed E-state index contributed by atoms with van der Waals surface area (Å²) >= 11 is 1.75. The fourth-order valence-corrected chi connectivity index (χ4v) is 1.72. The molecule has 0 aliphatic carbocycles. The molecular weight excluding hydrogens is 152 g/mol. The summed E-state index contributed by atoms with van der Waals surface area (Å²) in [6.45, 7) is 5.80. The maximum atomic E-state index is 3.76. The molecule has 58 valence electrons. The van der Waals surface area contributed by atoms with Gasteiger partial charge in [0.05, 0.1) is 0 Å². The first-order chi connectivity index (χ1) is 5.38. The lowest BCUT2D eigenvalue weighted by Gasteiger charge is -1.91. The van der Waals surface area contributed by atoms with Gasteiger partial charge in [0, 0.05) is 4.88 Å². The Balaban J connectivity index is 2.76. The van der Waals surface area contributed by atoms with Crippen molar-refractivity contribution in [1.29, 1.82) is 0 Å². The summed E-state index contributed by atoms with van der Waals surface area (Å²) in [5.74, 6) is 0. The first-order valence-corrected chi connectivity index (χ1v) is 4.56. The summed E-state index contributed by atoms with van der Waals surface area (Å²) < 4.78 is 0. The maximum absolute atomic E-state index is 3.76. The molecule has 0 unspecified atom stereocenters. The van der Waals surface area contributed by atoms with Crippen LogP contribution in [0.5, 0.6) is 0 Å². The quantitative estimate of drug-likeness (QED) is 0.600. The van der Waals surface area contributed by atoms with Crippen LogP contribution < -0.4 is 0 Å². The molecule has 1 aromatic rings. The third-order valence-electron chi connectivity index (χ3n) is 1.54. The van der Waals surface area contributed by atoms with Gasteiger partial charge in [-0.1, -0.05) is 24.8 Å². The van der Waals surface area contributed by atoms with Gasteiger partial charge >= 0.3 is 0 Å². The van der Waals surface area contributed by atoms with E-state index >= 15 is 0 Å². The number of hydrogen-bond acceptors (Lipinski definition) is 1. The Bertz CT molecular complexity index is 256. The molecule has 11 heavy (non-hydrogen) atoms. The summed E-state index contributed by atoms with van der Waals surface area (Å²) in [4.78, 5) is 1.29. The molecule has 0 fully saturated rings. The predicted molar refractivity (Wildman–Crippen MR) is 52.9 cm³/mol. The molecule has 0 saturated heterocycles. The van der Waals surface area contributed by atoms with Gasteiger partial charge < -0.3 is 0 Å². The molecule has 0 spiro atoms. The number of hydrogen-bond donors (Lipinski definition) is 0. The summed E-state index contributed by atoms with van der Waals surface area (Å²) in [5, 5.41) is 2.11. The number of allylic oxidation sites excluding steroid dienone is 2. The zero-order valence-corrected chi connectivity index (χ0v) is 7.53. The molecule has 0 aliphatic rings. The Morgan fingerprint density at radius 2 is 2.45 bits per heavy atom. The molecule has 0 N–H and O–H groups in total. The molecule has 0 nitrogen and oxygen atoms in total. The third kappa shape index (κ3) is 2.05. The smallest absolute Gasteiger partial charge is 0.0299 e. The topological polar surface area (TPSA) is 0 Å². The van der Waals surface area contributed by atoms with Crippen molar-refractivity contribution < 1.29 is 0 Å². The van der Waals surface area contributed by atoms with Crippen molar-refractivity contribution in [1.82, 2.24) is 0 Å². The molecule has 0 bridgehead atoms. The van der Waals surface area contributed by atoms with Crippen LogP contribution in [0.25, 0.3) is 6.08 Å². The van der Waals surface area contributed by atoms with E-state index in [0.29, 0.717) is 0 Å². The highest BCUT2D eigenvalue weighted by Gasteiger charge is 1.96. The highest BCUT2D eigenvalue weighted by atomic mass is 32.1. The van der Waals surface area contributed by atoms with Crippen LogP contribution in [0.1, 0.15) is 17.4 Å². The molecule has 0 aliphatic heterocycles. The molecule has 1 aromatic heterocycles. The fraction of sp³-hybridized carbons (Fsp3) is 0.200. The standard InChI is InChI=1S/C10H12S/c1-3-5-6-9-7-8-11-10(9)4-2/h3-5,7-8H,2,6H2,1H3/b5-3-. The molecular formula is C10H12S. The third-order valence-corrected chi connectivity index (χ3v) is 2.49. The molecule has 0 saturated carbocycles. The van der Waals surface area contributed by atoms with Gasteiger partial charge in [-0.25, -0.2) is 0 Å². The monoisotopic (exact) mass is 164 g/mol. The van der Waals surface area contributed by atoms with Crippen LogP contribution in [0.2, 0.25) is 0 Å². The summed E-state index contributed by atoms with van der Waals surface area (Å²) in [5.41, 5.74) is 1.38. The second kappa shape index (κ2) is 4.14. The Labute approximate surface area is 71.9 Å². The average Bonchev–Trinajstić information content (AvgIpc) is 2.47. The average molecular weight is 164 g/mol. The van der Waals surface area contributed by atoms with Crippen molar-refractivity contribution in [2.75, 3.05) is 0 Å². The Hall–Kier alpha value is -0.820. The lowest BCUT2D eigenvalue weighted by atomic mass is 10.2. The summed E-state index contributed by atoms with van der Waals surface area (Å²) in [7, 11) is 0. The number of thiophene rings is 1. The van der Waals surface area contributed by atoms with Crippen LogP contribution in [-0.2, 0) is 6.42 Å². The number of rotatable bonds is 3. The first kappa shape index (κ1) is 8.28. The van der Waals surface area contributed by atoms with E-state index in [1.807, 2.05) is 13.0 Å². The van der Waals surface area contributed by atoms with Gasteiger partial charge in [-0.05, 0) is 30.4 Å². The highest BCUT2D eigenvalue weighted by molar-refractivity contribution is 7.11. The molecule has 0 radical (unpaired) electrons. The van der Waals surface area contributed by atoms with Crippen LogP contribution in [-0.4, -0.2) is 0 Å². The predicted octanol–water partition coefficient (Wildman–Crippen LogP) is 3.51. The van der Waals surface area contributed by atoms with Crippen molar-refractivity contribution in [3.05, 3.63) is 40.6 Å². The summed E-state index contributed by atoms with van der Waals surface area (Å²) in [6.07, 6.45) is 7.18. The normalized spacial score (nSPS) is 10.6. The maximum Gasteiger partial charge on any atom is 0.0299 e. The van der Waals surface area contributed by atoms with Gasteiger partial charge in [-0.15, -0.1) is 11.3 Å². The van der Waals surface area contributed by atoms with Crippen molar-refractivity contribution in [2.24, 2.45) is 0 Å². The molecule has 0 aromatic carbocycles.